The fourth-order valence-corrected chi connectivity index (χ4v) is 4.82. The van der Waals surface area contributed by atoms with Crippen LogP contribution in [0.1, 0.15) is 13.9 Å². The normalized spacial score (nSPS) is 9.83. The van der Waals surface area contributed by atoms with Crippen LogP contribution in [0.25, 0.3) is 33.1 Å². The maximum absolute atomic E-state index is 13.6. The number of fused-ring (bicyclic) bond motifs is 3. The average molecular weight is 753 g/mol. The predicted molar refractivity (Wildman–Crippen MR) is 147 cm³/mol. The Labute approximate surface area is 338 Å². The van der Waals surface area contributed by atoms with Crippen molar-refractivity contribution in [1.29, 1.82) is 0 Å². The molecule has 0 spiro atoms. The van der Waals surface area contributed by atoms with Gasteiger partial charge in [-0.15, -0.1) is 0 Å². The molecule has 0 unspecified atom stereocenters. The first-order valence-electron chi connectivity index (χ1n) is 11.5. The molecular formula is C28H22Br2F4K2O5. The molecule has 0 saturated carbocycles. The van der Waals surface area contributed by atoms with E-state index in [2.05, 4.69) is 36.7 Å². The maximum atomic E-state index is 13.6. The fraction of sp³-hybridized carbons (Fsp3) is 0.107. The Morgan fingerprint density at radius 3 is 2.02 bits per heavy atom. The summed E-state index contributed by atoms with van der Waals surface area (Å²) in [5.74, 6) is -1.67. The third-order valence-electron chi connectivity index (χ3n) is 5.10. The van der Waals surface area contributed by atoms with Crippen LogP contribution in [0.4, 0.5) is 17.6 Å². The second-order valence-electron chi connectivity index (χ2n) is 7.83. The second-order valence-corrected chi connectivity index (χ2v) is 9.53. The third kappa shape index (κ3) is 11.4. The van der Waals surface area contributed by atoms with Gasteiger partial charge in [0.2, 0.25) is 0 Å². The van der Waals surface area contributed by atoms with E-state index in [1.54, 1.807) is 18.2 Å². The van der Waals surface area contributed by atoms with Crippen molar-refractivity contribution in [3.8, 4) is 16.9 Å². The number of benzene rings is 4. The number of carbonyl (C=O) groups is 1. The van der Waals surface area contributed by atoms with E-state index in [1.165, 1.54) is 18.2 Å². The van der Waals surface area contributed by atoms with E-state index in [0.717, 1.165) is 44.1 Å². The summed E-state index contributed by atoms with van der Waals surface area (Å²) in [5.41, 5.74) is 3.88. The quantitative estimate of drug-likeness (QED) is 0.0986. The number of hydrogen-bond acceptors (Lipinski definition) is 5. The van der Waals surface area contributed by atoms with Gasteiger partial charge in [-0.2, -0.15) is 0 Å². The first kappa shape index (κ1) is 38.9. The topological polar surface area (TPSA) is 82.7 Å². The molecule has 1 N–H and O–H groups in total. The number of phenolic OH excluding ortho intramolecular Hbond substituents is 1. The van der Waals surface area contributed by atoms with Crippen molar-refractivity contribution in [3.05, 3.63) is 98.2 Å². The molecule has 1 aromatic heterocycles. The van der Waals surface area contributed by atoms with E-state index in [0.29, 0.717) is 15.6 Å². The number of rotatable bonds is 2. The van der Waals surface area contributed by atoms with Gasteiger partial charge in [0.05, 0.1) is 17.5 Å². The number of phenols is 1. The van der Waals surface area contributed by atoms with Crippen LogP contribution in [0, 0.1) is 31.3 Å². The van der Waals surface area contributed by atoms with Crippen molar-refractivity contribution in [2.75, 3.05) is 7.15 Å². The average Bonchev–Trinajstić information content (AvgIpc) is 3.25. The SMILES string of the molecule is Cc1cc(Br)c(O)c(-c2ccc(F)cc2F)c1.Cc1cc(Br)c2oc3cc(F)ccc3c2c1.O=CO[O-].[2H]CF.[H-].[K+].[K+]. The first-order chi connectivity index (χ1) is 19.0. The summed E-state index contributed by atoms with van der Waals surface area (Å²) in [5, 5.41) is 20.3. The molecule has 0 aliphatic carbocycles. The zero-order valence-electron chi connectivity index (χ0n) is 24.4. The van der Waals surface area contributed by atoms with Crippen LogP contribution in [0.5, 0.6) is 5.75 Å². The van der Waals surface area contributed by atoms with Crippen LogP contribution in [0.3, 0.4) is 0 Å². The van der Waals surface area contributed by atoms with Gasteiger partial charge < -0.3 is 21.1 Å². The van der Waals surface area contributed by atoms with Gasteiger partial charge >= 0.3 is 103 Å². The Morgan fingerprint density at radius 2 is 1.44 bits per heavy atom. The Balaban J connectivity index is 0. The van der Waals surface area contributed by atoms with E-state index in [1.807, 2.05) is 26.0 Å². The zero-order chi connectivity index (χ0) is 30.0. The van der Waals surface area contributed by atoms with Gasteiger partial charge in [0.1, 0.15) is 34.4 Å². The molecule has 0 aliphatic rings. The molecule has 0 amide bonds. The summed E-state index contributed by atoms with van der Waals surface area (Å²) in [6, 6.07) is 15.3. The van der Waals surface area contributed by atoms with Crippen molar-refractivity contribution in [3.63, 3.8) is 0 Å². The third-order valence-corrected chi connectivity index (χ3v) is 6.30. The molecule has 208 valence electrons. The minimum Gasteiger partial charge on any atom is -1.00 e. The van der Waals surface area contributed by atoms with Crippen LogP contribution in [0.2, 0.25) is 0 Å². The van der Waals surface area contributed by atoms with Gasteiger partial charge in [0.15, 0.2) is 0 Å². The summed E-state index contributed by atoms with van der Waals surface area (Å²) in [4.78, 5) is 11.2. The molecule has 0 aliphatic heterocycles. The number of aromatic hydroxyl groups is 1. The summed E-state index contributed by atoms with van der Waals surface area (Å²) in [6.45, 7) is 3.67. The fourth-order valence-electron chi connectivity index (χ4n) is 3.59. The van der Waals surface area contributed by atoms with Crippen LogP contribution in [-0.2, 0) is 9.68 Å². The minimum atomic E-state index is -1.00. The summed E-state index contributed by atoms with van der Waals surface area (Å²) < 4.78 is 62.0. The van der Waals surface area contributed by atoms with Crippen molar-refractivity contribution in [2.24, 2.45) is 0 Å². The summed E-state index contributed by atoms with van der Waals surface area (Å²) in [7, 11) is -1.00. The van der Waals surface area contributed by atoms with Crippen molar-refractivity contribution in [2.45, 2.75) is 13.8 Å². The summed E-state index contributed by atoms with van der Waals surface area (Å²) >= 11 is 6.64. The molecule has 0 radical (unpaired) electrons. The Morgan fingerprint density at radius 1 is 0.902 bits per heavy atom. The number of aryl methyl sites for hydroxylation is 2. The van der Waals surface area contributed by atoms with Gasteiger partial charge in [-0.1, -0.05) is 0 Å². The van der Waals surface area contributed by atoms with Crippen molar-refractivity contribution in [1.82, 2.24) is 0 Å². The predicted octanol–water partition coefficient (Wildman–Crippen LogP) is 2.35. The molecule has 4 aromatic carbocycles. The van der Waals surface area contributed by atoms with Crippen LogP contribution in [0.15, 0.2) is 74.0 Å². The number of halogens is 6. The van der Waals surface area contributed by atoms with Crippen molar-refractivity contribution >= 4 is 60.3 Å². The molecule has 0 fully saturated rings. The molecule has 0 atom stereocenters. The Bertz CT molecular complexity index is 1630. The number of hydrogen-bond donors (Lipinski definition) is 1. The molecule has 13 heteroatoms. The number of furan rings is 1. The van der Waals surface area contributed by atoms with E-state index < -0.39 is 18.8 Å². The van der Waals surface area contributed by atoms with Gasteiger partial charge in [0, 0.05) is 34.0 Å². The second kappa shape index (κ2) is 20.0. The smallest absolute Gasteiger partial charge is 1.00 e. The van der Waals surface area contributed by atoms with E-state index in [4.69, 9.17) is 15.8 Å². The van der Waals surface area contributed by atoms with Crippen molar-refractivity contribution < 1.29 is 148 Å². The molecule has 1 heterocycles. The van der Waals surface area contributed by atoms with Gasteiger partial charge in [-0.05, 0) is 105 Å². The Kier molecular flexibility index (Phi) is 19.0. The molecule has 5 aromatic rings. The Hall–Kier alpha value is -0.137. The van der Waals surface area contributed by atoms with Crippen LogP contribution in [-0.4, -0.2) is 18.7 Å². The van der Waals surface area contributed by atoms with E-state index in [-0.39, 0.29) is 128 Å². The molecule has 41 heavy (non-hydrogen) atoms. The number of carbonyl (C=O) groups excluding carboxylic acids is 1. The van der Waals surface area contributed by atoms with E-state index in [9.17, 15) is 22.7 Å². The van der Waals surface area contributed by atoms with Crippen LogP contribution < -0.4 is 108 Å². The standard InChI is InChI=1S/C13H9BrF2O.C13H8BrFO.CH3F.CH2O3.2K.H/c1-7-4-10(13(17)11(14)5-7)9-3-2-8(15)6-12(9)16;1-7-4-10-9-3-2-8(15)6-12(9)16-13(10)11(14)5-7;1-2;2-1-4-3;;;/h2-6,17H,1H3;2-6H,1H3;1H3;1,3H;;;/q;;;;2*+1;-1/p-1/i;;1D;;;;. The van der Waals surface area contributed by atoms with Gasteiger partial charge in [-0.3, -0.25) is 9.18 Å². The zero-order valence-corrected chi connectivity index (χ0v) is 31.8. The van der Waals surface area contributed by atoms with Gasteiger partial charge in [0.25, 0.3) is 6.47 Å². The molecule has 5 nitrogen and oxygen atoms in total. The molecule has 0 saturated heterocycles. The molecular weight excluding hydrogens is 730 g/mol. The largest absolute Gasteiger partial charge is 1.00 e. The van der Waals surface area contributed by atoms with E-state index >= 15 is 0 Å². The van der Waals surface area contributed by atoms with Crippen LogP contribution >= 0.6 is 31.9 Å². The maximum Gasteiger partial charge on any atom is 1.00 e. The minimum absolute atomic E-state index is 0. The number of alkyl halides is 1. The van der Waals surface area contributed by atoms with Gasteiger partial charge in [-0.25, -0.2) is 13.2 Å². The first-order valence-corrected chi connectivity index (χ1v) is 12.4. The molecule has 5 rings (SSSR count). The monoisotopic (exact) mass is 751 g/mol. The summed E-state index contributed by atoms with van der Waals surface area (Å²) in [6.07, 6.45) is 0. The molecule has 0 bridgehead atoms.